The molecule has 0 heterocycles. The number of phenols is 1. The molecule has 0 unspecified atom stereocenters. The number of nitrogens with zero attached hydrogens (tertiary/aromatic N) is 1. The van der Waals surface area contributed by atoms with Crippen molar-refractivity contribution in [2.75, 3.05) is 6.54 Å². The largest absolute Gasteiger partial charge is 0.508 e. The van der Waals surface area contributed by atoms with Crippen molar-refractivity contribution in [3.8, 4) is 5.75 Å². The summed E-state index contributed by atoms with van der Waals surface area (Å²) in [6, 6.07) is 18.7. The zero-order valence-electron chi connectivity index (χ0n) is 27.9. The van der Waals surface area contributed by atoms with Crippen molar-refractivity contribution in [1.82, 2.24) is 15.5 Å². The molecule has 0 fully saturated rings. The van der Waals surface area contributed by atoms with Gasteiger partial charge in [0.25, 0.3) is 0 Å². The van der Waals surface area contributed by atoms with Crippen LogP contribution in [-0.4, -0.2) is 64.3 Å². The van der Waals surface area contributed by atoms with E-state index in [4.69, 9.17) is 15.2 Å². The molecule has 47 heavy (non-hydrogen) atoms. The number of amides is 4. The maximum atomic E-state index is 14.4. The van der Waals surface area contributed by atoms with Gasteiger partial charge in [-0.3, -0.25) is 9.59 Å². The number of phenolic OH excluding ortho intramolecular Hbond substituents is 1. The van der Waals surface area contributed by atoms with Gasteiger partial charge < -0.3 is 35.8 Å². The van der Waals surface area contributed by atoms with Crippen LogP contribution in [0, 0.1) is 13.8 Å². The van der Waals surface area contributed by atoms with Gasteiger partial charge in [-0.1, -0.05) is 60.7 Å². The van der Waals surface area contributed by atoms with Crippen LogP contribution in [0.3, 0.4) is 0 Å². The van der Waals surface area contributed by atoms with Crippen LogP contribution in [0.25, 0.3) is 0 Å². The van der Waals surface area contributed by atoms with E-state index in [0.29, 0.717) is 17.5 Å². The van der Waals surface area contributed by atoms with Crippen molar-refractivity contribution >= 4 is 24.0 Å². The fourth-order valence-corrected chi connectivity index (χ4v) is 5.17. The normalized spacial score (nSPS) is 13.1. The predicted octanol–water partition coefficient (Wildman–Crippen LogP) is 4.68. The number of primary amides is 1. The molecule has 0 saturated carbocycles. The average molecular weight is 647 g/mol. The fraction of sp³-hybridized carbons (Fsp3) is 0.389. The monoisotopic (exact) mass is 646 g/mol. The van der Waals surface area contributed by atoms with Crippen LogP contribution in [0.5, 0.6) is 5.75 Å². The smallest absolute Gasteiger partial charge is 0.408 e. The minimum Gasteiger partial charge on any atom is -0.508 e. The minimum atomic E-state index is -1.18. The van der Waals surface area contributed by atoms with Crippen LogP contribution in [0.1, 0.15) is 55.5 Å². The van der Waals surface area contributed by atoms with E-state index >= 15 is 0 Å². The quantitative estimate of drug-likeness (QED) is 0.210. The number of aryl methyl sites for hydroxylation is 2. The third-order valence-corrected chi connectivity index (χ3v) is 7.52. The number of benzene rings is 3. The van der Waals surface area contributed by atoms with Crippen LogP contribution in [0.2, 0.25) is 0 Å². The second-order valence-electron chi connectivity index (χ2n) is 12.6. The maximum Gasteiger partial charge on any atom is 0.408 e. The Morgan fingerprint density at radius 1 is 0.851 bits per heavy atom. The number of aromatic hydroxyl groups is 1. The molecule has 3 atom stereocenters. The van der Waals surface area contributed by atoms with Gasteiger partial charge in [0.1, 0.15) is 30.0 Å². The van der Waals surface area contributed by atoms with Crippen LogP contribution < -0.4 is 16.4 Å². The first-order valence-electron chi connectivity index (χ1n) is 15.5. The molecular weight excluding hydrogens is 600 g/mol. The SMILES string of the molecule is Cc1cc(O)cc(C)c1C[C@H](NC(=O)OC(C)(C)C)C(=O)N(C[C@H](Cc1ccccc1)NC(=O)OCc1ccccc1)[C@H](C)C(N)=O. The number of alkyl carbamates (subject to hydrolysis) is 2. The summed E-state index contributed by atoms with van der Waals surface area (Å²) in [5.41, 5.74) is 8.73. The fourth-order valence-electron chi connectivity index (χ4n) is 5.17. The number of carbonyl (C=O) groups is 4. The summed E-state index contributed by atoms with van der Waals surface area (Å²) in [4.78, 5) is 54.3. The molecule has 252 valence electrons. The van der Waals surface area contributed by atoms with E-state index in [1.54, 1.807) is 46.8 Å². The van der Waals surface area contributed by atoms with Crippen LogP contribution >= 0.6 is 0 Å². The molecular formula is C36H46N4O7. The molecule has 0 bridgehead atoms. The van der Waals surface area contributed by atoms with Gasteiger partial charge in [-0.05, 0) is 87.9 Å². The van der Waals surface area contributed by atoms with Crippen LogP contribution in [0.15, 0.2) is 72.8 Å². The molecule has 4 amide bonds. The number of nitrogens with one attached hydrogen (secondary N) is 2. The van der Waals surface area contributed by atoms with E-state index < -0.39 is 47.7 Å². The zero-order chi connectivity index (χ0) is 34.7. The van der Waals surface area contributed by atoms with Crippen LogP contribution in [-0.2, 0) is 38.5 Å². The average Bonchev–Trinajstić information content (AvgIpc) is 2.99. The first-order chi connectivity index (χ1) is 22.1. The van der Waals surface area contributed by atoms with Crippen molar-refractivity contribution < 1.29 is 33.8 Å². The molecule has 0 aliphatic rings. The highest BCUT2D eigenvalue weighted by atomic mass is 16.6. The predicted molar refractivity (Wildman–Crippen MR) is 179 cm³/mol. The summed E-state index contributed by atoms with van der Waals surface area (Å²) in [6.07, 6.45) is -1.18. The molecule has 3 aromatic rings. The number of hydrogen-bond acceptors (Lipinski definition) is 7. The molecule has 0 aromatic heterocycles. The highest BCUT2D eigenvalue weighted by molar-refractivity contribution is 5.91. The molecule has 0 spiro atoms. The lowest BCUT2D eigenvalue weighted by atomic mass is 9.94. The van der Waals surface area contributed by atoms with Crippen molar-refractivity contribution in [3.05, 3.63) is 101 Å². The summed E-state index contributed by atoms with van der Waals surface area (Å²) >= 11 is 0. The van der Waals surface area contributed by atoms with E-state index in [2.05, 4.69) is 10.6 Å². The second-order valence-corrected chi connectivity index (χ2v) is 12.6. The molecule has 11 nitrogen and oxygen atoms in total. The topological polar surface area (TPSA) is 160 Å². The van der Waals surface area contributed by atoms with Gasteiger partial charge >= 0.3 is 12.2 Å². The first-order valence-corrected chi connectivity index (χ1v) is 15.5. The summed E-state index contributed by atoms with van der Waals surface area (Å²) in [5, 5.41) is 15.6. The number of nitrogens with two attached hydrogens (primary N) is 1. The van der Waals surface area contributed by atoms with E-state index in [9.17, 15) is 24.3 Å². The summed E-state index contributed by atoms with van der Waals surface area (Å²) in [6.45, 7) is 10.1. The van der Waals surface area contributed by atoms with E-state index in [0.717, 1.165) is 16.7 Å². The highest BCUT2D eigenvalue weighted by Gasteiger charge is 2.35. The van der Waals surface area contributed by atoms with Gasteiger partial charge in [0.15, 0.2) is 0 Å². The molecule has 0 aliphatic heterocycles. The Labute approximate surface area is 276 Å². The van der Waals surface area contributed by atoms with Gasteiger partial charge in [-0.2, -0.15) is 0 Å². The van der Waals surface area contributed by atoms with Crippen molar-refractivity contribution in [2.45, 2.75) is 84.7 Å². The lowest BCUT2D eigenvalue weighted by Crippen LogP contribution is -2.59. The summed E-state index contributed by atoms with van der Waals surface area (Å²) in [5.74, 6) is -1.30. The van der Waals surface area contributed by atoms with E-state index in [1.807, 2.05) is 60.7 Å². The second kappa shape index (κ2) is 16.5. The zero-order valence-corrected chi connectivity index (χ0v) is 27.9. The van der Waals surface area contributed by atoms with Gasteiger partial charge in [0.05, 0.1) is 6.04 Å². The minimum absolute atomic E-state index is 0.0356. The Bertz CT molecular complexity index is 1500. The third-order valence-electron chi connectivity index (χ3n) is 7.52. The molecule has 0 radical (unpaired) electrons. The highest BCUT2D eigenvalue weighted by Crippen LogP contribution is 2.23. The lowest BCUT2D eigenvalue weighted by Gasteiger charge is -2.35. The molecule has 0 saturated heterocycles. The summed E-state index contributed by atoms with van der Waals surface area (Å²) < 4.78 is 10.9. The Hall–Kier alpha value is -5.06. The van der Waals surface area contributed by atoms with Crippen LogP contribution in [0.4, 0.5) is 9.59 Å². The first kappa shape index (κ1) is 36.4. The summed E-state index contributed by atoms with van der Waals surface area (Å²) in [7, 11) is 0. The standard InChI is InChI=1S/C36H46N4O7/c1-23-17-29(41)18-24(2)30(23)20-31(39-35(45)47-36(4,5)6)33(43)40(25(3)32(37)42)21-28(19-26-13-9-7-10-14-26)38-34(44)46-22-27-15-11-8-12-16-27/h7-18,25,28,31,41H,19-22H2,1-6H3,(H2,37,42)(H,38,44)(H,39,45)/t25-,28+,31+/m1/s1. The number of ether oxygens (including phenoxy) is 2. The lowest BCUT2D eigenvalue weighted by molar-refractivity contribution is -0.140. The Balaban J connectivity index is 1.96. The van der Waals surface area contributed by atoms with Crippen molar-refractivity contribution in [1.29, 1.82) is 0 Å². The molecule has 5 N–H and O–H groups in total. The molecule has 11 heteroatoms. The Kier molecular flexibility index (Phi) is 12.8. The van der Waals surface area contributed by atoms with Crippen molar-refractivity contribution in [3.63, 3.8) is 0 Å². The van der Waals surface area contributed by atoms with Gasteiger partial charge in [-0.15, -0.1) is 0 Å². The van der Waals surface area contributed by atoms with E-state index in [1.165, 1.54) is 11.8 Å². The maximum absolute atomic E-state index is 14.4. The Morgan fingerprint density at radius 3 is 1.94 bits per heavy atom. The van der Waals surface area contributed by atoms with E-state index in [-0.39, 0.29) is 25.3 Å². The number of rotatable bonds is 13. The molecule has 3 rings (SSSR count). The Morgan fingerprint density at radius 2 is 1.40 bits per heavy atom. The number of hydrogen-bond donors (Lipinski definition) is 4. The molecule has 3 aromatic carbocycles. The van der Waals surface area contributed by atoms with Crippen molar-refractivity contribution in [2.24, 2.45) is 5.73 Å². The third kappa shape index (κ3) is 11.7. The van der Waals surface area contributed by atoms with Gasteiger partial charge in [0, 0.05) is 13.0 Å². The van der Waals surface area contributed by atoms with Gasteiger partial charge in [0.2, 0.25) is 11.8 Å². The number of carbonyl (C=O) groups excluding carboxylic acids is 4. The van der Waals surface area contributed by atoms with Gasteiger partial charge in [-0.25, -0.2) is 9.59 Å². The molecule has 0 aliphatic carbocycles.